The minimum absolute atomic E-state index is 0.283. The minimum Gasteiger partial charge on any atom is -0.310 e. The second kappa shape index (κ2) is 10.7. The molecule has 0 radical (unpaired) electrons. The van der Waals surface area contributed by atoms with Gasteiger partial charge in [0.2, 0.25) is 0 Å². The van der Waals surface area contributed by atoms with Gasteiger partial charge in [0.1, 0.15) is 0 Å². The lowest BCUT2D eigenvalue weighted by Gasteiger charge is -2.72. The molecule has 242 valence electrons. The van der Waals surface area contributed by atoms with Crippen LogP contribution in [0, 0.1) is 45.3 Å². The predicted octanol–water partition coefficient (Wildman–Crippen LogP) is 7.95. The van der Waals surface area contributed by atoms with Gasteiger partial charge >= 0.3 is 0 Å². The van der Waals surface area contributed by atoms with Crippen LogP contribution in [0.15, 0.2) is 23.3 Å². The molecule has 5 fully saturated rings. The number of rotatable bonds is 5. The van der Waals surface area contributed by atoms with Gasteiger partial charge in [0.05, 0.1) is 11.5 Å². The Bertz CT molecular complexity index is 1250. The van der Waals surface area contributed by atoms with Crippen molar-refractivity contribution >= 4 is 9.84 Å². The molecule has 7 aliphatic rings. The van der Waals surface area contributed by atoms with Crippen LogP contribution in [0.3, 0.4) is 0 Å². The topological polar surface area (TPSA) is 49.4 Å². The third-order valence-corrected chi connectivity index (χ3v) is 17.5. The molecule has 0 bridgehead atoms. The summed E-state index contributed by atoms with van der Waals surface area (Å²) in [7, 11) is -2.81. The highest BCUT2D eigenvalue weighted by molar-refractivity contribution is 7.91. The molecule has 7 rings (SSSR count). The highest BCUT2D eigenvalue weighted by atomic mass is 32.2. The molecule has 1 aliphatic heterocycles. The molecule has 0 aromatic carbocycles. The first kappa shape index (κ1) is 31.0. The number of sulfone groups is 1. The van der Waals surface area contributed by atoms with Gasteiger partial charge in [-0.25, -0.2) is 8.42 Å². The maximum atomic E-state index is 11.9. The summed E-state index contributed by atoms with van der Waals surface area (Å²) >= 11 is 0. The van der Waals surface area contributed by atoms with Crippen LogP contribution in [0.4, 0.5) is 0 Å². The van der Waals surface area contributed by atoms with Crippen LogP contribution in [0.1, 0.15) is 125 Å². The molecule has 0 aromatic rings. The molecular formula is C38H62N2O2S. The summed E-state index contributed by atoms with van der Waals surface area (Å²) < 4.78 is 23.8. The first-order chi connectivity index (χ1) is 20.3. The van der Waals surface area contributed by atoms with E-state index in [1.54, 1.807) is 11.1 Å². The summed E-state index contributed by atoms with van der Waals surface area (Å²) in [6, 6.07) is 0. The van der Waals surface area contributed by atoms with Crippen molar-refractivity contribution in [3.05, 3.63) is 23.3 Å². The molecule has 8 atom stereocenters. The van der Waals surface area contributed by atoms with Crippen LogP contribution in [-0.4, -0.2) is 56.5 Å². The van der Waals surface area contributed by atoms with E-state index in [-0.39, 0.29) is 5.41 Å². The molecule has 0 spiro atoms. The number of hydrogen-bond donors (Lipinski definition) is 1. The van der Waals surface area contributed by atoms with Gasteiger partial charge in [0.15, 0.2) is 9.84 Å². The summed E-state index contributed by atoms with van der Waals surface area (Å²) in [5.74, 6) is 3.95. The van der Waals surface area contributed by atoms with E-state index in [0.717, 1.165) is 36.8 Å². The van der Waals surface area contributed by atoms with Gasteiger partial charge in [-0.05, 0) is 140 Å². The molecule has 0 aromatic heterocycles. The predicted molar refractivity (Wildman–Crippen MR) is 179 cm³/mol. The Hall–Kier alpha value is -0.650. The van der Waals surface area contributed by atoms with Crippen LogP contribution in [-0.2, 0) is 9.84 Å². The zero-order valence-electron chi connectivity index (χ0n) is 28.3. The van der Waals surface area contributed by atoms with Crippen LogP contribution in [0.25, 0.3) is 0 Å². The SMILES string of the molecule is CC1(C)C(C2=CCCCC2)=CC[C@@]2(C)[C@H]1CCC1(C)[C@@H]2CCC2[C@H]3CCCC3(NCCN3CCS(=O)(=O)CC3)CC[C@]21C. The van der Waals surface area contributed by atoms with Crippen LogP contribution in [0.5, 0.6) is 0 Å². The van der Waals surface area contributed by atoms with Crippen molar-refractivity contribution in [2.45, 2.75) is 130 Å². The zero-order chi connectivity index (χ0) is 30.3. The quantitative estimate of drug-likeness (QED) is 0.343. The van der Waals surface area contributed by atoms with Crippen LogP contribution in [0.2, 0.25) is 0 Å². The largest absolute Gasteiger partial charge is 0.310 e. The van der Waals surface area contributed by atoms with E-state index in [1.165, 1.54) is 89.9 Å². The molecule has 0 amide bonds. The van der Waals surface area contributed by atoms with Crippen molar-refractivity contribution in [2.75, 3.05) is 37.7 Å². The minimum atomic E-state index is -2.81. The molecule has 1 N–H and O–H groups in total. The van der Waals surface area contributed by atoms with E-state index in [2.05, 4.69) is 57.0 Å². The second-order valence-corrected chi connectivity index (χ2v) is 20.1. The summed E-state index contributed by atoms with van der Waals surface area (Å²) in [6.45, 7) is 17.0. The molecule has 3 unspecified atom stereocenters. The van der Waals surface area contributed by atoms with Crippen molar-refractivity contribution in [3.63, 3.8) is 0 Å². The average Bonchev–Trinajstić information content (AvgIpc) is 3.39. The molecule has 6 aliphatic carbocycles. The van der Waals surface area contributed by atoms with Crippen LogP contribution < -0.4 is 5.32 Å². The fourth-order valence-corrected chi connectivity index (χ4v) is 14.8. The summed E-state index contributed by atoms with van der Waals surface area (Å²) in [4.78, 5) is 2.38. The monoisotopic (exact) mass is 610 g/mol. The molecule has 43 heavy (non-hydrogen) atoms. The Kier molecular flexibility index (Phi) is 7.70. The van der Waals surface area contributed by atoms with Crippen molar-refractivity contribution < 1.29 is 8.42 Å². The molecule has 4 nitrogen and oxygen atoms in total. The standard InChI is InChI=1S/C38H62N2O2S/c1-34(2)29(28-10-7-6-8-11-28)15-18-35(3)32(34)16-19-37(5)33(35)14-13-30-31-12-9-17-38(31,21-20-36(30,37)4)39-22-23-40-24-26-43(41,42)27-25-40/h10,15,30-33,39H,6-9,11-14,16-27H2,1-5H3/t30?,31-,32+,33-,35+,36-,37?,38?/m1/s1. The molecule has 1 heterocycles. The van der Waals surface area contributed by atoms with Gasteiger partial charge in [-0.3, -0.25) is 0 Å². The molecule has 5 heteroatoms. The lowest BCUT2D eigenvalue weighted by atomic mass is 9.33. The number of nitrogens with zero attached hydrogens (tertiary/aromatic N) is 1. The second-order valence-electron chi connectivity index (χ2n) is 17.8. The van der Waals surface area contributed by atoms with Crippen LogP contribution >= 0.6 is 0 Å². The third-order valence-electron chi connectivity index (χ3n) is 15.9. The first-order valence-electron chi connectivity index (χ1n) is 18.4. The third kappa shape index (κ3) is 4.73. The number of nitrogens with one attached hydrogen (secondary N) is 1. The highest BCUT2D eigenvalue weighted by Crippen LogP contribution is 2.76. The van der Waals surface area contributed by atoms with Crippen molar-refractivity contribution in [1.29, 1.82) is 0 Å². The van der Waals surface area contributed by atoms with E-state index < -0.39 is 9.84 Å². The van der Waals surface area contributed by atoms with Gasteiger partial charge in [-0.2, -0.15) is 0 Å². The molecule has 4 saturated carbocycles. The Labute approximate surface area is 264 Å². The van der Waals surface area contributed by atoms with E-state index >= 15 is 0 Å². The summed E-state index contributed by atoms with van der Waals surface area (Å²) in [5, 5.41) is 4.20. The van der Waals surface area contributed by atoms with Gasteiger partial charge < -0.3 is 10.2 Å². The summed E-state index contributed by atoms with van der Waals surface area (Å²) in [5.41, 5.74) is 5.30. The molecular weight excluding hydrogens is 548 g/mol. The molecule has 1 saturated heterocycles. The smallest absolute Gasteiger partial charge is 0.152 e. The number of fused-ring (bicyclic) bond motifs is 7. The Morgan fingerprint density at radius 3 is 2.35 bits per heavy atom. The van der Waals surface area contributed by atoms with Crippen molar-refractivity contribution in [3.8, 4) is 0 Å². The van der Waals surface area contributed by atoms with Crippen molar-refractivity contribution in [1.82, 2.24) is 10.2 Å². The normalized spacial score (nSPS) is 47.4. The van der Waals surface area contributed by atoms with Gasteiger partial charge in [0.25, 0.3) is 0 Å². The Balaban J connectivity index is 1.10. The van der Waals surface area contributed by atoms with Gasteiger partial charge in [-0.1, -0.05) is 53.2 Å². The highest BCUT2D eigenvalue weighted by Gasteiger charge is 2.69. The maximum absolute atomic E-state index is 11.9. The van der Waals surface area contributed by atoms with Gasteiger partial charge in [-0.15, -0.1) is 0 Å². The van der Waals surface area contributed by atoms with Gasteiger partial charge in [0, 0.05) is 31.7 Å². The van der Waals surface area contributed by atoms with Crippen molar-refractivity contribution in [2.24, 2.45) is 45.3 Å². The Morgan fingerprint density at radius 2 is 1.60 bits per heavy atom. The number of allylic oxidation sites excluding steroid dienone is 4. The Morgan fingerprint density at radius 1 is 0.814 bits per heavy atom. The lowest BCUT2D eigenvalue weighted by Crippen LogP contribution is -2.67. The average molecular weight is 611 g/mol. The zero-order valence-corrected chi connectivity index (χ0v) is 29.1. The first-order valence-corrected chi connectivity index (χ1v) is 20.2. The van der Waals surface area contributed by atoms with E-state index in [9.17, 15) is 8.42 Å². The fourth-order valence-electron chi connectivity index (χ4n) is 13.5. The fraction of sp³-hybridized carbons (Fsp3) is 0.895. The summed E-state index contributed by atoms with van der Waals surface area (Å²) in [6.07, 6.45) is 24.5. The number of hydrogen-bond acceptors (Lipinski definition) is 4. The lowest BCUT2D eigenvalue weighted by molar-refractivity contribution is -0.218. The maximum Gasteiger partial charge on any atom is 0.152 e. The van der Waals surface area contributed by atoms with E-state index in [4.69, 9.17) is 0 Å². The van der Waals surface area contributed by atoms with E-state index in [0.29, 0.717) is 46.4 Å². The van der Waals surface area contributed by atoms with E-state index in [1.807, 2.05) is 0 Å².